The number of methoxy groups -OCH3 is 2. The van der Waals surface area contributed by atoms with E-state index >= 15 is 0 Å². The number of hydrogen-bond donors (Lipinski definition) is 1. The lowest BCUT2D eigenvalue weighted by Gasteiger charge is -2.29. The van der Waals surface area contributed by atoms with Gasteiger partial charge in [0.05, 0.1) is 18.9 Å². The Balaban J connectivity index is 3.13. The van der Waals surface area contributed by atoms with Crippen molar-refractivity contribution in [2.75, 3.05) is 14.2 Å². The zero-order chi connectivity index (χ0) is 13.1. The maximum Gasteiger partial charge on any atom is 0.162 e. The number of hydrogen-bond acceptors (Lipinski definition) is 4. The van der Waals surface area contributed by atoms with Crippen LogP contribution in [0.4, 0.5) is 0 Å². The molecule has 0 fully saturated rings. The number of aromatic nitrogens is 2. The van der Waals surface area contributed by atoms with Gasteiger partial charge in [-0.3, -0.25) is 4.68 Å². The quantitative estimate of drug-likeness (QED) is 0.826. The second-order valence-corrected chi connectivity index (χ2v) is 4.53. The minimum atomic E-state index is -0.781. The van der Waals surface area contributed by atoms with Crippen molar-refractivity contribution in [1.82, 2.24) is 9.78 Å². The van der Waals surface area contributed by atoms with E-state index in [1.54, 1.807) is 25.1 Å². The third kappa shape index (κ3) is 2.79. The van der Waals surface area contributed by atoms with Gasteiger partial charge in [-0.2, -0.15) is 5.10 Å². The molecule has 5 heteroatoms. The van der Waals surface area contributed by atoms with Crippen LogP contribution in [-0.2, 0) is 11.3 Å². The number of aliphatic hydroxyl groups is 1. The van der Waals surface area contributed by atoms with Gasteiger partial charge in [-0.05, 0) is 20.3 Å². The van der Waals surface area contributed by atoms with Crippen molar-refractivity contribution >= 4 is 0 Å². The lowest BCUT2D eigenvalue weighted by molar-refractivity contribution is -0.0833. The van der Waals surface area contributed by atoms with Crippen LogP contribution in [0.15, 0.2) is 6.20 Å². The summed E-state index contributed by atoms with van der Waals surface area (Å²) in [5, 5.41) is 14.6. The Morgan fingerprint density at radius 2 is 2.12 bits per heavy atom. The molecule has 1 rings (SSSR count). The van der Waals surface area contributed by atoms with Gasteiger partial charge >= 0.3 is 0 Å². The fourth-order valence-electron chi connectivity index (χ4n) is 1.64. The summed E-state index contributed by atoms with van der Waals surface area (Å²) >= 11 is 0. The highest BCUT2D eigenvalue weighted by atomic mass is 16.5. The molecule has 0 aliphatic heterocycles. The smallest absolute Gasteiger partial charge is 0.162 e. The zero-order valence-electron chi connectivity index (χ0n) is 11.2. The van der Waals surface area contributed by atoms with E-state index in [4.69, 9.17) is 9.47 Å². The Bertz CT molecular complexity index is 361. The summed E-state index contributed by atoms with van der Waals surface area (Å²) in [6.07, 6.45) is 1.79. The van der Waals surface area contributed by atoms with Crippen molar-refractivity contribution in [3.05, 3.63) is 11.9 Å². The van der Waals surface area contributed by atoms with E-state index in [9.17, 15) is 5.11 Å². The average molecular weight is 242 g/mol. The van der Waals surface area contributed by atoms with Gasteiger partial charge in [0.25, 0.3) is 0 Å². The summed E-state index contributed by atoms with van der Waals surface area (Å²) in [5.41, 5.74) is -0.0140. The molecule has 1 unspecified atom stereocenters. The van der Waals surface area contributed by atoms with Crippen molar-refractivity contribution in [2.45, 2.75) is 45.4 Å². The molecule has 5 nitrogen and oxygen atoms in total. The minimum Gasteiger partial charge on any atom is -0.493 e. The molecule has 0 spiro atoms. The molecule has 0 aromatic carbocycles. The lowest BCUT2D eigenvalue weighted by atomic mass is 9.98. The maximum absolute atomic E-state index is 10.4. The number of aryl methyl sites for hydroxylation is 1. The fourth-order valence-corrected chi connectivity index (χ4v) is 1.64. The number of rotatable bonds is 6. The van der Waals surface area contributed by atoms with Gasteiger partial charge in [0.1, 0.15) is 11.8 Å². The Kier molecular flexibility index (Phi) is 4.54. The summed E-state index contributed by atoms with van der Waals surface area (Å²) in [6.45, 7) is 6.47. The first-order chi connectivity index (χ1) is 7.97. The van der Waals surface area contributed by atoms with Crippen LogP contribution in [0.2, 0.25) is 0 Å². The predicted molar refractivity (Wildman–Crippen MR) is 65.1 cm³/mol. The van der Waals surface area contributed by atoms with E-state index in [1.165, 1.54) is 0 Å². The van der Waals surface area contributed by atoms with Crippen LogP contribution in [-0.4, -0.2) is 34.7 Å². The van der Waals surface area contributed by atoms with E-state index in [0.717, 1.165) is 13.0 Å². The summed E-state index contributed by atoms with van der Waals surface area (Å²) in [7, 11) is 3.15. The molecular formula is C12H22N2O3. The van der Waals surface area contributed by atoms with E-state index in [1.807, 2.05) is 13.8 Å². The van der Waals surface area contributed by atoms with Gasteiger partial charge in [0.2, 0.25) is 0 Å². The van der Waals surface area contributed by atoms with Gasteiger partial charge < -0.3 is 14.6 Å². The highest BCUT2D eigenvalue weighted by Crippen LogP contribution is 2.34. The van der Waals surface area contributed by atoms with Crippen molar-refractivity contribution < 1.29 is 14.6 Å². The first-order valence-corrected chi connectivity index (χ1v) is 5.80. The SMILES string of the molecule is CCCn1ncc(OC)c1C(O)C(C)(C)OC. The van der Waals surface area contributed by atoms with Crippen molar-refractivity contribution in [3.8, 4) is 5.75 Å². The van der Waals surface area contributed by atoms with Gasteiger partial charge in [0, 0.05) is 13.7 Å². The van der Waals surface area contributed by atoms with E-state index in [-0.39, 0.29) is 0 Å². The zero-order valence-corrected chi connectivity index (χ0v) is 11.2. The summed E-state index contributed by atoms with van der Waals surface area (Å²) in [6, 6.07) is 0. The number of nitrogens with zero attached hydrogens (tertiary/aromatic N) is 2. The minimum absolute atomic E-state index is 0.594. The van der Waals surface area contributed by atoms with Gasteiger partial charge in [0.15, 0.2) is 5.75 Å². The Morgan fingerprint density at radius 1 is 1.47 bits per heavy atom. The molecule has 1 atom stereocenters. The third-order valence-electron chi connectivity index (χ3n) is 2.94. The first kappa shape index (κ1) is 14.0. The molecule has 0 saturated heterocycles. The van der Waals surface area contributed by atoms with Crippen molar-refractivity contribution in [2.24, 2.45) is 0 Å². The predicted octanol–water partition coefficient (Wildman–Crippen LogP) is 1.76. The maximum atomic E-state index is 10.4. The van der Waals surface area contributed by atoms with Gasteiger partial charge in [-0.25, -0.2) is 0 Å². The van der Waals surface area contributed by atoms with Crippen LogP contribution in [0.25, 0.3) is 0 Å². The van der Waals surface area contributed by atoms with Crippen LogP contribution < -0.4 is 4.74 Å². The molecule has 1 heterocycles. The van der Waals surface area contributed by atoms with Crippen molar-refractivity contribution in [3.63, 3.8) is 0 Å². The van der Waals surface area contributed by atoms with E-state index < -0.39 is 11.7 Å². The van der Waals surface area contributed by atoms with E-state index in [0.29, 0.717) is 11.4 Å². The molecule has 1 N–H and O–H groups in total. The average Bonchev–Trinajstić information content (AvgIpc) is 2.71. The Hall–Kier alpha value is -1.07. The molecule has 1 aromatic heterocycles. The normalized spacial score (nSPS) is 13.8. The number of aliphatic hydroxyl groups excluding tert-OH is 1. The molecule has 0 aliphatic rings. The van der Waals surface area contributed by atoms with E-state index in [2.05, 4.69) is 12.0 Å². The van der Waals surface area contributed by atoms with Crippen LogP contribution in [0, 0.1) is 0 Å². The van der Waals surface area contributed by atoms with Crippen LogP contribution in [0.1, 0.15) is 39.0 Å². The van der Waals surface area contributed by atoms with Crippen LogP contribution in [0.5, 0.6) is 5.75 Å². The molecule has 1 aromatic rings. The molecule has 98 valence electrons. The van der Waals surface area contributed by atoms with Crippen LogP contribution >= 0.6 is 0 Å². The monoisotopic (exact) mass is 242 g/mol. The highest BCUT2D eigenvalue weighted by molar-refractivity contribution is 5.29. The van der Waals surface area contributed by atoms with Crippen molar-refractivity contribution in [1.29, 1.82) is 0 Å². The Morgan fingerprint density at radius 3 is 2.59 bits per heavy atom. The molecule has 0 amide bonds. The number of ether oxygens (including phenoxy) is 2. The molecular weight excluding hydrogens is 220 g/mol. The molecule has 0 radical (unpaired) electrons. The standard InChI is InChI=1S/C12H22N2O3/c1-6-7-14-10(9(16-4)8-13-14)11(15)12(2,3)17-5/h8,11,15H,6-7H2,1-5H3. The largest absolute Gasteiger partial charge is 0.493 e. The van der Waals surface area contributed by atoms with Gasteiger partial charge in [-0.1, -0.05) is 6.92 Å². The summed E-state index contributed by atoms with van der Waals surface area (Å²) in [4.78, 5) is 0. The molecule has 0 bridgehead atoms. The fraction of sp³-hybridized carbons (Fsp3) is 0.750. The summed E-state index contributed by atoms with van der Waals surface area (Å²) < 4.78 is 12.3. The molecule has 0 aliphatic carbocycles. The topological polar surface area (TPSA) is 56.5 Å². The third-order valence-corrected chi connectivity index (χ3v) is 2.94. The second-order valence-electron chi connectivity index (χ2n) is 4.53. The highest BCUT2D eigenvalue weighted by Gasteiger charge is 2.34. The van der Waals surface area contributed by atoms with Crippen LogP contribution in [0.3, 0.4) is 0 Å². The lowest BCUT2D eigenvalue weighted by Crippen LogP contribution is -2.33. The Labute approximate surface area is 102 Å². The summed E-state index contributed by atoms with van der Waals surface area (Å²) in [5.74, 6) is 0.594. The molecule has 0 saturated carbocycles. The first-order valence-electron chi connectivity index (χ1n) is 5.80. The van der Waals surface area contributed by atoms with Gasteiger partial charge in [-0.15, -0.1) is 0 Å². The molecule has 17 heavy (non-hydrogen) atoms. The second kappa shape index (κ2) is 5.51.